The molecule has 0 bridgehead atoms. The number of aryl methyl sites for hydroxylation is 2. The van der Waals surface area contributed by atoms with Gasteiger partial charge in [-0.3, -0.25) is 0 Å². The highest BCUT2D eigenvalue weighted by molar-refractivity contribution is 5.40. The van der Waals surface area contributed by atoms with Crippen molar-refractivity contribution in [3.05, 3.63) is 34.9 Å². The topological polar surface area (TPSA) is 0 Å². The second-order valence-corrected chi connectivity index (χ2v) is 8.09. The van der Waals surface area contributed by atoms with Crippen LogP contribution in [0, 0.1) is 30.1 Å². The smallest absolute Gasteiger partial charge is 0.0125 e. The SMILES string of the molecule is Cc1cccc2c1C1CC[C@]3(C)C(C)CCC3C1CC2. The number of hydrogen-bond acceptors (Lipinski definition) is 0. The Bertz CT molecular complexity index is 529. The van der Waals surface area contributed by atoms with E-state index >= 15 is 0 Å². The Hall–Kier alpha value is -0.780. The summed E-state index contributed by atoms with van der Waals surface area (Å²) in [4.78, 5) is 0. The maximum atomic E-state index is 2.61. The summed E-state index contributed by atoms with van der Waals surface area (Å²) in [6, 6.07) is 7.00. The second-order valence-electron chi connectivity index (χ2n) is 8.09. The lowest BCUT2D eigenvalue weighted by Gasteiger charge is -2.51. The summed E-state index contributed by atoms with van der Waals surface area (Å²) in [6.45, 7) is 7.47. The van der Waals surface area contributed by atoms with Crippen LogP contribution in [-0.4, -0.2) is 0 Å². The van der Waals surface area contributed by atoms with Crippen LogP contribution < -0.4 is 0 Å². The molecule has 0 amide bonds. The minimum absolute atomic E-state index is 0.654. The summed E-state index contributed by atoms with van der Waals surface area (Å²) in [6.07, 6.45) is 8.67. The normalized spacial score (nSPS) is 42.8. The average Bonchev–Trinajstić information content (AvgIpc) is 2.75. The van der Waals surface area contributed by atoms with Crippen molar-refractivity contribution < 1.29 is 0 Å². The van der Waals surface area contributed by atoms with Crippen molar-refractivity contribution in [1.82, 2.24) is 0 Å². The quantitative estimate of drug-likeness (QED) is 0.584. The van der Waals surface area contributed by atoms with Gasteiger partial charge in [0.1, 0.15) is 0 Å². The van der Waals surface area contributed by atoms with Gasteiger partial charge in [-0.1, -0.05) is 32.0 Å². The first kappa shape index (κ1) is 12.9. The highest BCUT2D eigenvalue weighted by Crippen LogP contribution is 2.62. The molecule has 1 aromatic carbocycles. The molecule has 0 aliphatic heterocycles. The molecule has 2 saturated carbocycles. The summed E-state index contributed by atoms with van der Waals surface area (Å²) in [5.41, 5.74) is 5.64. The molecule has 4 rings (SSSR count). The third-order valence-corrected chi connectivity index (χ3v) is 7.44. The first-order valence-electron chi connectivity index (χ1n) is 8.69. The van der Waals surface area contributed by atoms with Crippen LogP contribution in [0.4, 0.5) is 0 Å². The molecule has 0 aromatic heterocycles. The van der Waals surface area contributed by atoms with Crippen LogP contribution in [0.5, 0.6) is 0 Å². The monoisotopic (exact) mass is 268 g/mol. The van der Waals surface area contributed by atoms with E-state index in [0.717, 1.165) is 23.7 Å². The molecule has 0 heteroatoms. The summed E-state index contributed by atoms with van der Waals surface area (Å²) < 4.78 is 0. The van der Waals surface area contributed by atoms with Gasteiger partial charge in [-0.2, -0.15) is 0 Å². The predicted octanol–water partition coefficient (Wildman–Crippen LogP) is 5.49. The van der Waals surface area contributed by atoms with Crippen LogP contribution in [0.2, 0.25) is 0 Å². The van der Waals surface area contributed by atoms with Crippen molar-refractivity contribution in [2.24, 2.45) is 23.2 Å². The summed E-state index contributed by atoms with van der Waals surface area (Å²) in [5.74, 6) is 3.81. The van der Waals surface area contributed by atoms with Gasteiger partial charge in [-0.25, -0.2) is 0 Å². The maximum Gasteiger partial charge on any atom is -0.0125 e. The molecule has 0 saturated heterocycles. The van der Waals surface area contributed by atoms with Crippen LogP contribution >= 0.6 is 0 Å². The Labute approximate surface area is 124 Å². The molecule has 5 atom stereocenters. The Morgan fingerprint density at radius 3 is 2.80 bits per heavy atom. The first-order chi connectivity index (χ1) is 9.61. The summed E-state index contributed by atoms with van der Waals surface area (Å²) >= 11 is 0. The highest BCUT2D eigenvalue weighted by atomic mass is 14.6. The Balaban J connectivity index is 1.75. The van der Waals surface area contributed by atoms with Crippen LogP contribution in [0.3, 0.4) is 0 Å². The molecule has 1 aromatic rings. The van der Waals surface area contributed by atoms with Gasteiger partial charge < -0.3 is 0 Å². The fourth-order valence-corrected chi connectivity index (χ4v) is 6.12. The van der Waals surface area contributed by atoms with E-state index in [9.17, 15) is 0 Å². The van der Waals surface area contributed by atoms with E-state index in [4.69, 9.17) is 0 Å². The van der Waals surface area contributed by atoms with Crippen molar-refractivity contribution in [3.63, 3.8) is 0 Å². The Morgan fingerprint density at radius 1 is 1.10 bits per heavy atom. The van der Waals surface area contributed by atoms with Crippen LogP contribution in [0.15, 0.2) is 18.2 Å². The minimum Gasteiger partial charge on any atom is -0.0620 e. The lowest BCUT2D eigenvalue weighted by atomic mass is 9.54. The zero-order valence-electron chi connectivity index (χ0n) is 13.3. The molecule has 20 heavy (non-hydrogen) atoms. The third-order valence-electron chi connectivity index (χ3n) is 7.44. The average molecular weight is 268 g/mol. The molecule has 0 radical (unpaired) electrons. The van der Waals surface area contributed by atoms with Crippen molar-refractivity contribution in [2.45, 2.75) is 65.2 Å². The van der Waals surface area contributed by atoms with Gasteiger partial charge >= 0.3 is 0 Å². The summed E-state index contributed by atoms with van der Waals surface area (Å²) in [7, 11) is 0. The van der Waals surface area contributed by atoms with Crippen molar-refractivity contribution in [3.8, 4) is 0 Å². The van der Waals surface area contributed by atoms with Crippen LogP contribution in [-0.2, 0) is 6.42 Å². The molecule has 0 N–H and O–H groups in total. The molecule has 3 aliphatic carbocycles. The molecule has 2 fully saturated rings. The molecule has 0 nitrogen and oxygen atoms in total. The van der Waals surface area contributed by atoms with E-state index in [1.807, 2.05) is 0 Å². The molecular weight excluding hydrogens is 240 g/mol. The fraction of sp³-hybridized carbons (Fsp3) is 0.700. The standard InChI is InChI=1S/C20H28/c1-13-5-4-6-15-8-9-16-17(19(13)15)11-12-20(3)14(2)7-10-18(16)20/h4-6,14,16-18H,7-12H2,1-3H3/t14?,16?,17?,18?,20-/m1/s1. The predicted molar refractivity (Wildman–Crippen MR) is 85.0 cm³/mol. The molecule has 108 valence electrons. The van der Waals surface area contributed by atoms with Gasteiger partial charge in [0.2, 0.25) is 0 Å². The number of rotatable bonds is 0. The van der Waals surface area contributed by atoms with Crippen LogP contribution in [0.25, 0.3) is 0 Å². The number of benzene rings is 1. The zero-order valence-corrected chi connectivity index (χ0v) is 13.3. The van der Waals surface area contributed by atoms with Gasteiger partial charge in [0.05, 0.1) is 0 Å². The molecular formula is C20H28. The van der Waals surface area contributed by atoms with E-state index in [1.165, 1.54) is 38.5 Å². The molecule has 0 spiro atoms. The van der Waals surface area contributed by atoms with Gasteiger partial charge in [0.25, 0.3) is 0 Å². The van der Waals surface area contributed by atoms with Gasteiger partial charge in [-0.05, 0) is 91.2 Å². The van der Waals surface area contributed by atoms with Crippen molar-refractivity contribution in [2.75, 3.05) is 0 Å². The largest absolute Gasteiger partial charge is 0.0620 e. The summed E-state index contributed by atoms with van der Waals surface area (Å²) in [5, 5.41) is 0. The molecule has 4 unspecified atom stereocenters. The van der Waals surface area contributed by atoms with E-state index in [2.05, 4.69) is 39.0 Å². The number of hydrogen-bond donors (Lipinski definition) is 0. The van der Waals surface area contributed by atoms with Crippen molar-refractivity contribution >= 4 is 0 Å². The third kappa shape index (κ3) is 1.60. The molecule has 0 heterocycles. The second kappa shape index (κ2) is 4.36. The fourth-order valence-electron chi connectivity index (χ4n) is 6.12. The Kier molecular flexibility index (Phi) is 2.81. The van der Waals surface area contributed by atoms with E-state index < -0.39 is 0 Å². The minimum atomic E-state index is 0.654. The zero-order chi connectivity index (χ0) is 13.9. The van der Waals surface area contributed by atoms with E-state index in [-0.39, 0.29) is 0 Å². The number of fused-ring (bicyclic) bond motifs is 5. The van der Waals surface area contributed by atoms with Gasteiger partial charge in [-0.15, -0.1) is 0 Å². The lowest BCUT2D eigenvalue weighted by molar-refractivity contribution is 0.0335. The maximum absolute atomic E-state index is 2.61. The van der Waals surface area contributed by atoms with E-state index in [0.29, 0.717) is 5.41 Å². The van der Waals surface area contributed by atoms with Gasteiger partial charge in [0, 0.05) is 0 Å². The lowest BCUT2D eigenvalue weighted by Crippen LogP contribution is -2.42. The van der Waals surface area contributed by atoms with Crippen LogP contribution in [0.1, 0.15) is 68.6 Å². The van der Waals surface area contributed by atoms with Crippen molar-refractivity contribution in [1.29, 1.82) is 0 Å². The molecule has 3 aliphatic rings. The highest BCUT2D eigenvalue weighted by Gasteiger charge is 2.53. The van der Waals surface area contributed by atoms with Gasteiger partial charge in [0.15, 0.2) is 0 Å². The Morgan fingerprint density at radius 2 is 1.95 bits per heavy atom. The first-order valence-corrected chi connectivity index (χ1v) is 8.69. The van der Waals surface area contributed by atoms with E-state index in [1.54, 1.807) is 16.7 Å².